The Hall–Kier alpha value is -3.10. The van der Waals surface area contributed by atoms with E-state index in [0.29, 0.717) is 36.8 Å². The second-order valence-corrected chi connectivity index (χ2v) is 10.2. The van der Waals surface area contributed by atoms with Crippen molar-refractivity contribution in [3.8, 4) is 16.8 Å². The number of nitrogens with zero attached hydrogens (tertiary/aromatic N) is 2. The lowest BCUT2D eigenvalue weighted by atomic mass is 10.1. The molecule has 35 heavy (non-hydrogen) atoms. The standard InChI is InChI=1S/C26H17Cl2N3O2S2/c27-17-12-10-16(11-13-17)19-14-34-24-23(19)25(33)31(18-6-2-1-3-7-18)26(30-24)35-15-22(32)29-21-9-5-4-8-20(21)28/h1-14H,15H2,(H,29,32). The number of benzene rings is 3. The lowest BCUT2D eigenvalue weighted by Crippen LogP contribution is -2.22. The molecule has 0 spiro atoms. The molecule has 0 atom stereocenters. The molecule has 9 heteroatoms. The highest BCUT2D eigenvalue weighted by Gasteiger charge is 2.19. The topological polar surface area (TPSA) is 64.0 Å². The minimum atomic E-state index is -0.245. The van der Waals surface area contributed by atoms with Crippen LogP contribution in [-0.2, 0) is 4.79 Å². The van der Waals surface area contributed by atoms with Gasteiger partial charge >= 0.3 is 0 Å². The summed E-state index contributed by atoms with van der Waals surface area (Å²) in [6, 6.07) is 23.7. The summed E-state index contributed by atoms with van der Waals surface area (Å²) in [6.45, 7) is 0. The van der Waals surface area contributed by atoms with Gasteiger partial charge in [0.05, 0.1) is 27.5 Å². The van der Waals surface area contributed by atoms with E-state index >= 15 is 0 Å². The number of halogens is 2. The van der Waals surface area contributed by atoms with Crippen LogP contribution in [0.15, 0.2) is 94.2 Å². The van der Waals surface area contributed by atoms with Crippen LogP contribution in [0.25, 0.3) is 27.0 Å². The Morgan fingerprint density at radius 1 is 0.971 bits per heavy atom. The summed E-state index contributed by atoms with van der Waals surface area (Å²) < 4.78 is 1.56. The molecule has 5 nitrogen and oxygen atoms in total. The first kappa shape index (κ1) is 23.6. The molecule has 0 saturated heterocycles. The molecule has 5 rings (SSSR count). The average molecular weight is 538 g/mol. The zero-order valence-electron chi connectivity index (χ0n) is 18.1. The maximum Gasteiger partial charge on any atom is 0.268 e. The Kier molecular flexibility index (Phi) is 6.92. The number of carbonyl (C=O) groups excluding carboxylic acids is 1. The Balaban J connectivity index is 1.54. The number of carbonyl (C=O) groups is 1. The highest BCUT2D eigenvalue weighted by Crippen LogP contribution is 2.33. The van der Waals surface area contributed by atoms with E-state index in [9.17, 15) is 9.59 Å². The number of para-hydroxylation sites is 2. The van der Waals surface area contributed by atoms with Crippen LogP contribution in [0.2, 0.25) is 10.0 Å². The number of hydrogen-bond donors (Lipinski definition) is 1. The first-order chi connectivity index (χ1) is 17.0. The molecule has 2 aromatic heterocycles. The molecule has 0 bridgehead atoms. The van der Waals surface area contributed by atoms with Gasteiger partial charge in [0, 0.05) is 16.0 Å². The van der Waals surface area contributed by atoms with E-state index in [4.69, 9.17) is 28.2 Å². The third-order valence-corrected chi connectivity index (χ3v) is 7.62. The first-order valence-electron chi connectivity index (χ1n) is 10.5. The number of fused-ring (bicyclic) bond motifs is 1. The Morgan fingerprint density at radius 3 is 2.43 bits per heavy atom. The van der Waals surface area contributed by atoms with E-state index < -0.39 is 0 Å². The van der Waals surface area contributed by atoms with Crippen LogP contribution in [0.3, 0.4) is 0 Å². The molecule has 5 aromatic rings. The summed E-state index contributed by atoms with van der Waals surface area (Å²) in [5.41, 5.74) is 2.71. The van der Waals surface area contributed by atoms with Crippen molar-refractivity contribution in [2.24, 2.45) is 0 Å². The van der Waals surface area contributed by atoms with Crippen LogP contribution in [0.5, 0.6) is 0 Å². The first-order valence-corrected chi connectivity index (χ1v) is 13.2. The van der Waals surface area contributed by atoms with Crippen molar-refractivity contribution in [2.75, 3.05) is 11.1 Å². The van der Waals surface area contributed by atoms with Crippen LogP contribution in [0, 0.1) is 0 Å². The molecule has 0 radical (unpaired) electrons. The average Bonchev–Trinajstić information content (AvgIpc) is 3.29. The Labute approximate surface area is 219 Å². The number of nitrogens with one attached hydrogen (secondary N) is 1. The highest BCUT2D eigenvalue weighted by atomic mass is 35.5. The van der Waals surface area contributed by atoms with Gasteiger partial charge < -0.3 is 5.32 Å². The number of anilines is 1. The van der Waals surface area contributed by atoms with Gasteiger partial charge in [-0.3, -0.25) is 14.2 Å². The summed E-state index contributed by atoms with van der Waals surface area (Å²) in [5, 5.41) is 6.79. The minimum Gasteiger partial charge on any atom is -0.324 e. The second-order valence-electron chi connectivity index (χ2n) is 7.52. The fraction of sp³-hybridized carbons (Fsp3) is 0.0385. The molecule has 0 aliphatic heterocycles. The maximum atomic E-state index is 13.8. The summed E-state index contributed by atoms with van der Waals surface area (Å²) >= 11 is 14.8. The van der Waals surface area contributed by atoms with Crippen molar-refractivity contribution in [1.29, 1.82) is 0 Å². The van der Waals surface area contributed by atoms with Gasteiger partial charge in [0.25, 0.3) is 5.56 Å². The molecule has 3 aromatic carbocycles. The number of amides is 1. The van der Waals surface area contributed by atoms with E-state index in [0.717, 1.165) is 11.1 Å². The fourth-order valence-corrected chi connectivity index (χ4v) is 5.70. The lowest BCUT2D eigenvalue weighted by molar-refractivity contribution is -0.113. The molecule has 0 saturated carbocycles. The van der Waals surface area contributed by atoms with Gasteiger partial charge in [-0.25, -0.2) is 4.98 Å². The van der Waals surface area contributed by atoms with Crippen LogP contribution < -0.4 is 10.9 Å². The van der Waals surface area contributed by atoms with Gasteiger partial charge in [0.15, 0.2) is 5.16 Å². The van der Waals surface area contributed by atoms with Gasteiger partial charge in [-0.15, -0.1) is 11.3 Å². The summed E-state index contributed by atoms with van der Waals surface area (Å²) in [7, 11) is 0. The SMILES string of the molecule is O=C(CSc1nc2scc(-c3ccc(Cl)cc3)c2c(=O)n1-c1ccccc1)Nc1ccccc1Cl. The monoisotopic (exact) mass is 537 g/mol. The molecule has 174 valence electrons. The second kappa shape index (κ2) is 10.3. The third kappa shape index (κ3) is 4.99. The molecular weight excluding hydrogens is 521 g/mol. The summed E-state index contributed by atoms with van der Waals surface area (Å²) in [4.78, 5) is 31.9. The predicted molar refractivity (Wildman–Crippen MR) is 146 cm³/mol. The van der Waals surface area contributed by atoms with Gasteiger partial charge in [-0.2, -0.15) is 0 Å². The molecule has 1 N–H and O–H groups in total. The van der Waals surface area contributed by atoms with Crippen LogP contribution in [0.1, 0.15) is 0 Å². The number of thiophene rings is 1. The zero-order chi connectivity index (χ0) is 24.4. The predicted octanol–water partition coefficient (Wildman–Crippen LogP) is 7.15. The molecule has 0 fully saturated rings. The Bertz CT molecular complexity index is 1580. The summed E-state index contributed by atoms with van der Waals surface area (Å²) in [5.74, 6) is -0.184. The highest BCUT2D eigenvalue weighted by molar-refractivity contribution is 7.99. The van der Waals surface area contributed by atoms with E-state index in [2.05, 4.69) is 5.32 Å². The third-order valence-electron chi connectivity index (χ3n) is 5.23. The van der Waals surface area contributed by atoms with E-state index in [1.807, 2.05) is 47.8 Å². The fourth-order valence-electron chi connectivity index (χ4n) is 3.59. The van der Waals surface area contributed by atoms with Crippen molar-refractivity contribution in [3.63, 3.8) is 0 Å². The van der Waals surface area contributed by atoms with Gasteiger partial charge in [-0.05, 0) is 42.0 Å². The van der Waals surface area contributed by atoms with Gasteiger partial charge in [0.1, 0.15) is 4.83 Å². The summed E-state index contributed by atoms with van der Waals surface area (Å²) in [6.07, 6.45) is 0. The smallest absolute Gasteiger partial charge is 0.268 e. The van der Waals surface area contributed by atoms with Crippen LogP contribution in [0.4, 0.5) is 5.69 Å². The normalized spacial score (nSPS) is 11.0. The van der Waals surface area contributed by atoms with Gasteiger partial charge in [0.2, 0.25) is 5.91 Å². The lowest BCUT2D eigenvalue weighted by Gasteiger charge is -2.13. The van der Waals surface area contributed by atoms with Crippen molar-refractivity contribution < 1.29 is 4.79 Å². The van der Waals surface area contributed by atoms with Crippen LogP contribution >= 0.6 is 46.3 Å². The quantitative estimate of drug-likeness (QED) is 0.184. The number of thioether (sulfide) groups is 1. The van der Waals surface area contributed by atoms with E-state index in [1.165, 1.54) is 23.1 Å². The van der Waals surface area contributed by atoms with Crippen molar-refractivity contribution >= 4 is 68.1 Å². The number of rotatable bonds is 6. The van der Waals surface area contributed by atoms with E-state index in [-0.39, 0.29) is 17.2 Å². The van der Waals surface area contributed by atoms with Crippen molar-refractivity contribution in [1.82, 2.24) is 9.55 Å². The molecular formula is C26H17Cl2N3O2S2. The molecule has 1 amide bonds. The van der Waals surface area contributed by atoms with Crippen LogP contribution in [-0.4, -0.2) is 21.2 Å². The molecule has 0 aliphatic rings. The molecule has 2 heterocycles. The van der Waals surface area contributed by atoms with E-state index in [1.54, 1.807) is 41.0 Å². The Morgan fingerprint density at radius 2 is 1.69 bits per heavy atom. The van der Waals surface area contributed by atoms with Gasteiger partial charge in [-0.1, -0.05) is 77.4 Å². The number of aromatic nitrogens is 2. The zero-order valence-corrected chi connectivity index (χ0v) is 21.2. The maximum absolute atomic E-state index is 13.8. The largest absolute Gasteiger partial charge is 0.324 e. The minimum absolute atomic E-state index is 0.0609. The van der Waals surface area contributed by atoms with Crippen molar-refractivity contribution in [3.05, 3.63) is 105 Å². The molecule has 0 unspecified atom stereocenters. The van der Waals surface area contributed by atoms with Crippen molar-refractivity contribution in [2.45, 2.75) is 5.16 Å². The molecule has 0 aliphatic carbocycles. The number of hydrogen-bond acceptors (Lipinski definition) is 5.